The molecule has 0 saturated carbocycles. The second kappa shape index (κ2) is 9.15. The van der Waals surface area contributed by atoms with E-state index in [9.17, 15) is 0 Å². The van der Waals surface area contributed by atoms with E-state index in [0.717, 1.165) is 48.5 Å². The number of aryl methyl sites for hydroxylation is 1. The molecule has 1 aliphatic rings. The zero-order valence-corrected chi connectivity index (χ0v) is 16.4. The Hall–Kier alpha value is -1.44. The van der Waals surface area contributed by atoms with Gasteiger partial charge in [-0.25, -0.2) is 4.98 Å². The molecule has 0 spiro atoms. The lowest BCUT2D eigenvalue weighted by Gasteiger charge is -2.17. The van der Waals surface area contributed by atoms with E-state index in [1.807, 2.05) is 13.1 Å². The molecule has 1 atom stereocenters. The molecule has 0 aliphatic heterocycles. The molecular formula is C19H27AlN4. The van der Waals surface area contributed by atoms with E-state index in [2.05, 4.69) is 75.6 Å². The first-order chi connectivity index (χ1) is 11.5. The predicted octanol–water partition coefficient (Wildman–Crippen LogP) is 3.27. The average molecular weight is 338 g/mol. The van der Waals surface area contributed by atoms with Gasteiger partial charge in [-0.15, -0.1) is 0 Å². The van der Waals surface area contributed by atoms with Gasteiger partial charge in [0.05, 0.1) is 0 Å². The van der Waals surface area contributed by atoms with Gasteiger partial charge in [0.25, 0.3) is 0 Å². The number of anilines is 1. The molecule has 1 unspecified atom stereocenters. The minimum Gasteiger partial charge on any atom is -0.340 e. The standard InChI is InChI=1S/C19H27N4.Al/c1-5-16(6-2)20-12-11-18-15(4)21-13-22-19(18)23-17-9-7-14(3)8-10-17;/h7,9-10,12,14,16H,5-6,8,11H2,1-4H3,(H,21,22,23);. The van der Waals surface area contributed by atoms with Gasteiger partial charge in [-0.1, -0.05) is 32.9 Å². The highest BCUT2D eigenvalue weighted by molar-refractivity contribution is 6.29. The number of nitrogens with one attached hydrogen (secondary N) is 1. The molecule has 24 heavy (non-hydrogen) atoms. The maximum Gasteiger partial charge on any atom is 0.244 e. The fraction of sp³-hybridized carbons (Fsp3) is 0.526. The monoisotopic (exact) mass is 338 g/mol. The van der Waals surface area contributed by atoms with Crippen LogP contribution in [0.15, 0.2) is 28.9 Å². The molecule has 0 fully saturated rings. The minimum atomic E-state index is 0.411. The first kappa shape index (κ1) is 18.9. The number of allylic oxidation sites excluding steroid dienone is 3. The molecule has 1 N–H and O–H groups in total. The molecule has 4 nitrogen and oxygen atoms in total. The topological polar surface area (TPSA) is 50.2 Å². The Kier molecular flexibility index (Phi) is 7.21. The molecule has 1 heterocycles. The van der Waals surface area contributed by atoms with E-state index in [1.54, 1.807) is 0 Å². The molecule has 0 saturated heterocycles. The third kappa shape index (κ3) is 5.29. The first-order valence-corrected chi connectivity index (χ1v) is 9.41. The van der Waals surface area contributed by atoms with Crippen LogP contribution in [0.4, 0.5) is 5.82 Å². The van der Waals surface area contributed by atoms with Gasteiger partial charge in [0.2, 0.25) is 16.3 Å². The third-order valence-electron chi connectivity index (χ3n) is 4.36. The Labute approximate surface area is 154 Å². The zero-order chi connectivity index (χ0) is 17.5. The number of aliphatic imine (C=N–C) groups is 1. The average Bonchev–Trinajstić information content (AvgIpc) is 2.55. The number of rotatable bonds is 7. The van der Waals surface area contributed by atoms with Gasteiger partial charge < -0.3 is 5.32 Å². The molecule has 0 bridgehead atoms. The van der Waals surface area contributed by atoms with E-state index in [1.165, 1.54) is 0 Å². The van der Waals surface area contributed by atoms with Crippen LogP contribution in [-0.4, -0.2) is 38.5 Å². The molecule has 2 rings (SSSR count). The van der Waals surface area contributed by atoms with Crippen molar-refractivity contribution >= 4 is 33.0 Å². The summed E-state index contributed by atoms with van der Waals surface area (Å²) in [5.41, 5.74) is 3.22. The quantitative estimate of drug-likeness (QED) is 0.613. The van der Waals surface area contributed by atoms with Gasteiger partial charge in [0, 0.05) is 40.3 Å². The highest BCUT2D eigenvalue weighted by Gasteiger charge is 2.11. The van der Waals surface area contributed by atoms with Gasteiger partial charge in [0.1, 0.15) is 5.82 Å². The van der Waals surface area contributed by atoms with E-state index < -0.39 is 0 Å². The molecule has 0 amide bonds. The Bertz CT molecular complexity index is 645. The fourth-order valence-electron chi connectivity index (χ4n) is 2.71. The Balaban J connectivity index is 2.19. The summed E-state index contributed by atoms with van der Waals surface area (Å²) in [6.07, 6.45) is 12.6. The maximum atomic E-state index is 4.68. The summed E-state index contributed by atoms with van der Waals surface area (Å²) in [5, 5.41) is 3.47. The van der Waals surface area contributed by atoms with Crippen LogP contribution < -0.4 is 10.0 Å². The SMILES string of the molecule is CCC(CC)N=CCc1c(C)n[c]([Al])nc1NC1=CCC(C)C=C1. The van der Waals surface area contributed by atoms with Crippen molar-refractivity contribution in [2.24, 2.45) is 10.9 Å². The number of nitrogens with zero attached hydrogens (tertiary/aromatic N) is 3. The normalized spacial score (nSPS) is 17.5. The first-order valence-electron chi connectivity index (χ1n) is 8.83. The van der Waals surface area contributed by atoms with Gasteiger partial charge in [-0.2, -0.15) is 0 Å². The van der Waals surface area contributed by atoms with Crippen LogP contribution in [-0.2, 0) is 6.42 Å². The molecule has 1 aromatic rings. The molecule has 1 aliphatic carbocycles. The second-order valence-corrected chi connectivity index (χ2v) is 6.87. The van der Waals surface area contributed by atoms with Gasteiger partial charge in [-0.3, -0.25) is 9.98 Å². The Morgan fingerprint density at radius 1 is 1.38 bits per heavy atom. The van der Waals surface area contributed by atoms with Gasteiger partial charge >= 0.3 is 0 Å². The largest absolute Gasteiger partial charge is 0.340 e. The van der Waals surface area contributed by atoms with Crippen molar-refractivity contribution in [1.82, 2.24) is 9.97 Å². The highest BCUT2D eigenvalue weighted by Crippen LogP contribution is 2.20. The van der Waals surface area contributed by atoms with Crippen molar-refractivity contribution < 1.29 is 0 Å². The van der Waals surface area contributed by atoms with Gasteiger partial charge in [-0.05, 0) is 38.2 Å². The smallest absolute Gasteiger partial charge is 0.244 e. The minimum absolute atomic E-state index is 0.411. The highest BCUT2D eigenvalue weighted by atomic mass is 27.0. The summed E-state index contributed by atoms with van der Waals surface area (Å²) in [6, 6.07) is 0.411. The van der Waals surface area contributed by atoms with E-state index >= 15 is 0 Å². The summed E-state index contributed by atoms with van der Waals surface area (Å²) in [5.74, 6) is 1.49. The molecule has 1 aromatic heterocycles. The van der Waals surface area contributed by atoms with Crippen molar-refractivity contribution in [3.05, 3.63) is 35.2 Å². The molecule has 5 heteroatoms. The van der Waals surface area contributed by atoms with Crippen molar-refractivity contribution in [2.75, 3.05) is 5.32 Å². The molecule has 2 radical (unpaired) electrons. The lowest BCUT2D eigenvalue weighted by atomic mass is 10.0. The fourth-order valence-corrected chi connectivity index (χ4v) is 3.04. The van der Waals surface area contributed by atoms with E-state index in [-0.39, 0.29) is 0 Å². The zero-order valence-electron chi connectivity index (χ0n) is 15.2. The van der Waals surface area contributed by atoms with Crippen LogP contribution in [0.25, 0.3) is 0 Å². The van der Waals surface area contributed by atoms with Crippen molar-refractivity contribution in [1.29, 1.82) is 0 Å². The van der Waals surface area contributed by atoms with Crippen molar-refractivity contribution in [3.8, 4) is 0 Å². The Morgan fingerprint density at radius 2 is 2.12 bits per heavy atom. The summed E-state index contributed by atoms with van der Waals surface area (Å²) in [7, 11) is 0. The summed E-state index contributed by atoms with van der Waals surface area (Å²) < 4.78 is 0.712. The second-order valence-electron chi connectivity index (χ2n) is 6.36. The van der Waals surface area contributed by atoms with Crippen LogP contribution in [0.2, 0.25) is 0 Å². The van der Waals surface area contributed by atoms with Gasteiger partial charge in [0.15, 0.2) is 0 Å². The molecule has 0 aromatic carbocycles. The van der Waals surface area contributed by atoms with Crippen LogP contribution >= 0.6 is 0 Å². The summed E-state index contributed by atoms with van der Waals surface area (Å²) in [4.78, 5) is 13.8. The van der Waals surface area contributed by atoms with Crippen LogP contribution in [0, 0.1) is 12.8 Å². The van der Waals surface area contributed by atoms with Crippen molar-refractivity contribution in [2.45, 2.75) is 59.4 Å². The van der Waals surface area contributed by atoms with E-state index in [4.69, 9.17) is 0 Å². The number of aromatic nitrogens is 2. The van der Waals surface area contributed by atoms with Crippen molar-refractivity contribution in [3.63, 3.8) is 0 Å². The molecule has 126 valence electrons. The lowest BCUT2D eigenvalue weighted by Crippen LogP contribution is -2.20. The predicted molar refractivity (Wildman–Crippen MR) is 103 cm³/mol. The van der Waals surface area contributed by atoms with Crippen LogP contribution in [0.1, 0.15) is 51.3 Å². The lowest BCUT2D eigenvalue weighted by molar-refractivity contribution is 0.633. The maximum absolute atomic E-state index is 4.68. The number of hydrogen-bond donors (Lipinski definition) is 1. The van der Waals surface area contributed by atoms with E-state index in [0.29, 0.717) is 16.6 Å². The summed E-state index contributed by atoms with van der Waals surface area (Å²) in [6.45, 7) is 8.62. The third-order valence-corrected chi connectivity index (χ3v) is 4.62. The van der Waals surface area contributed by atoms with Crippen LogP contribution in [0.3, 0.4) is 0 Å². The number of hydrogen-bond acceptors (Lipinski definition) is 4. The van der Waals surface area contributed by atoms with Crippen LogP contribution in [0.5, 0.6) is 0 Å². The Morgan fingerprint density at radius 3 is 2.75 bits per heavy atom. The summed E-state index contributed by atoms with van der Waals surface area (Å²) >= 11 is 2.59. The molecular weight excluding hydrogens is 311 g/mol.